The fourth-order valence-corrected chi connectivity index (χ4v) is 13.9. The number of nitrogens with zero attached hydrogens (tertiary/aromatic N) is 8. The van der Waals surface area contributed by atoms with Gasteiger partial charge in [0.1, 0.15) is 47.4 Å². The van der Waals surface area contributed by atoms with Crippen LogP contribution < -0.4 is 26.0 Å². The maximum Gasteiger partial charge on any atom is 0.329 e. The van der Waals surface area contributed by atoms with Gasteiger partial charge in [0.15, 0.2) is 5.82 Å². The number of nitrogens with one attached hydrogen (secondary N) is 2. The van der Waals surface area contributed by atoms with Gasteiger partial charge in [-0.25, -0.2) is 18.0 Å². The first kappa shape index (κ1) is 55.8. The number of benzene rings is 3. The number of carbonyl (C=O) groups is 4. The van der Waals surface area contributed by atoms with Crippen LogP contribution in [-0.2, 0) is 32.6 Å². The number of likely N-dealkylation sites (tertiary alicyclic amines) is 1. The summed E-state index contributed by atoms with van der Waals surface area (Å²) in [7, 11) is 1.72. The molecule has 5 aliphatic rings. The lowest BCUT2D eigenvalue weighted by atomic mass is 9.88. The van der Waals surface area contributed by atoms with Crippen molar-refractivity contribution in [2.45, 2.75) is 146 Å². The highest BCUT2D eigenvalue weighted by atomic mass is 19.1. The zero-order valence-corrected chi connectivity index (χ0v) is 46.4. The Morgan fingerprint density at radius 3 is 2.49 bits per heavy atom. The summed E-state index contributed by atoms with van der Waals surface area (Å²) < 4.78 is 56.8. The minimum Gasteiger partial charge on any atom is -0.508 e. The van der Waals surface area contributed by atoms with Gasteiger partial charge in [0.2, 0.25) is 23.6 Å². The molecule has 8 heterocycles. The van der Waals surface area contributed by atoms with Crippen LogP contribution in [0.25, 0.3) is 44.0 Å². The van der Waals surface area contributed by atoms with E-state index in [0.717, 1.165) is 94.7 Å². The molecule has 0 spiro atoms. The Morgan fingerprint density at radius 2 is 1.70 bits per heavy atom. The van der Waals surface area contributed by atoms with Crippen LogP contribution in [0.15, 0.2) is 53.5 Å². The monoisotopic (exact) mass is 1110 g/mol. The number of piperidine rings is 3. The number of pyridine rings is 1. The number of aromatic nitrogens is 5. The molecule has 430 valence electrons. The highest BCUT2D eigenvalue weighted by Gasteiger charge is 2.49. The second-order valence-electron chi connectivity index (χ2n) is 23.3. The maximum absolute atomic E-state index is 17.3. The molecule has 20 heteroatoms. The average molecular weight is 1120 g/mol. The highest BCUT2D eigenvalue weighted by molar-refractivity contribution is 6.02. The number of alkyl halides is 1. The van der Waals surface area contributed by atoms with Gasteiger partial charge in [0, 0.05) is 83.8 Å². The number of carbonyl (C=O) groups excluding carboxylic acids is 4. The number of aromatic hydroxyl groups is 1. The second kappa shape index (κ2) is 23.8. The molecule has 0 radical (unpaired) electrons. The molecule has 6 aromatic rings. The molecule has 81 heavy (non-hydrogen) atoms. The molecule has 0 aliphatic carbocycles. The summed E-state index contributed by atoms with van der Waals surface area (Å²) in [6.45, 7) is 5.96. The molecule has 3 aromatic carbocycles. The van der Waals surface area contributed by atoms with Gasteiger partial charge >= 0.3 is 11.7 Å². The van der Waals surface area contributed by atoms with Crippen molar-refractivity contribution >= 4 is 62.2 Å². The fourth-order valence-electron chi connectivity index (χ4n) is 13.9. The third kappa shape index (κ3) is 11.3. The third-order valence-electron chi connectivity index (χ3n) is 18.0. The van der Waals surface area contributed by atoms with Crippen molar-refractivity contribution < 1.29 is 42.2 Å². The van der Waals surface area contributed by atoms with Crippen LogP contribution in [0, 0.1) is 17.6 Å². The van der Waals surface area contributed by atoms with E-state index in [2.05, 4.69) is 30.4 Å². The summed E-state index contributed by atoms with van der Waals surface area (Å²) in [5.41, 5.74) is 2.19. The Hall–Kier alpha value is -7.09. The number of imidazole rings is 1. The Labute approximate surface area is 468 Å². The topological polar surface area (TPSA) is 197 Å². The molecule has 11 rings (SSSR count). The molecule has 2 unspecified atom stereocenters. The lowest BCUT2D eigenvalue weighted by Gasteiger charge is -2.34. The van der Waals surface area contributed by atoms with E-state index in [0.29, 0.717) is 98.0 Å². The van der Waals surface area contributed by atoms with Crippen molar-refractivity contribution in [1.82, 2.24) is 44.5 Å². The van der Waals surface area contributed by atoms with Gasteiger partial charge in [-0.15, -0.1) is 0 Å². The van der Waals surface area contributed by atoms with Crippen molar-refractivity contribution in [3.63, 3.8) is 0 Å². The summed E-state index contributed by atoms with van der Waals surface area (Å²) >= 11 is 0. The van der Waals surface area contributed by atoms with E-state index in [-0.39, 0.29) is 83.2 Å². The lowest BCUT2D eigenvalue weighted by Crippen LogP contribution is -2.44. The number of fused-ring (bicyclic) bond motifs is 4. The molecule has 0 bridgehead atoms. The largest absolute Gasteiger partial charge is 0.508 e. The van der Waals surface area contributed by atoms with Crippen LogP contribution in [0.5, 0.6) is 11.8 Å². The number of unbranched alkanes of at least 4 members (excludes halogenated alkanes) is 5. The number of imide groups is 1. The minimum absolute atomic E-state index is 0.0110. The lowest BCUT2D eigenvalue weighted by molar-refractivity contribution is -0.136. The summed E-state index contributed by atoms with van der Waals surface area (Å²) in [5.74, 6) is -1.30. The number of amides is 4. The average Bonchev–Trinajstić information content (AvgIpc) is 4.16. The number of phenols is 1. The zero-order chi connectivity index (χ0) is 56.5. The number of ether oxygens (including phenoxy) is 1. The number of halogens is 3. The first-order valence-electron chi connectivity index (χ1n) is 29.4. The molecular weight excluding hydrogens is 1040 g/mol. The first-order valence-corrected chi connectivity index (χ1v) is 29.4. The quantitative estimate of drug-likeness (QED) is 0.0516. The SMILES string of the molecule is CCc1c(F)ccc2cc(O)cc(-c3ncc4c(N5CCCC(CNC(=O)CCCCCCCCC(=O)N6CCC(c7cccc8c7n(C)c(=O)n8C7CCC(=O)NC7=O)CC6)C5)nc(OC[C@@]56CCCN5C[C@H](F)C6)nc4c3F)c12. The normalized spacial score (nSPS) is 21.8. The Bertz CT molecular complexity index is 3450. The Morgan fingerprint density at radius 1 is 0.914 bits per heavy atom. The van der Waals surface area contributed by atoms with Gasteiger partial charge in [0.05, 0.1) is 22.0 Å². The molecule has 4 amide bonds. The van der Waals surface area contributed by atoms with Gasteiger partial charge in [-0.3, -0.25) is 43.5 Å². The van der Waals surface area contributed by atoms with E-state index in [1.807, 2.05) is 30.0 Å². The fraction of sp³-hybridized carbons (Fsp3) is 0.541. The van der Waals surface area contributed by atoms with Crippen molar-refractivity contribution in [3.05, 3.63) is 81.9 Å². The zero-order valence-electron chi connectivity index (χ0n) is 46.4. The van der Waals surface area contributed by atoms with Gasteiger partial charge < -0.3 is 25.0 Å². The van der Waals surface area contributed by atoms with Crippen LogP contribution >= 0.6 is 0 Å². The second-order valence-corrected chi connectivity index (χ2v) is 23.3. The van der Waals surface area contributed by atoms with E-state index >= 15 is 8.78 Å². The van der Waals surface area contributed by atoms with Crippen molar-refractivity contribution in [2.24, 2.45) is 13.0 Å². The highest BCUT2D eigenvalue weighted by Crippen LogP contribution is 2.43. The van der Waals surface area contributed by atoms with Crippen LogP contribution in [0.2, 0.25) is 0 Å². The summed E-state index contributed by atoms with van der Waals surface area (Å²) in [4.78, 5) is 84.8. The summed E-state index contributed by atoms with van der Waals surface area (Å²) in [6, 6.07) is 10.8. The van der Waals surface area contributed by atoms with Gasteiger partial charge in [0.25, 0.3) is 0 Å². The van der Waals surface area contributed by atoms with Crippen LogP contribution in [0.4, 0.5) is 19.0 Å². The van der Waals surface area contributed by atoms with E-state index in [1.165, 1.54) is 29.0 Å². The van der Waals surface area contributed by atoms with E-state index in [9.17, 15) is 33.5 Å². The summed E-state index contributed by atoms with van der Waals surface area (Å²) in [5, 5.41) is 17.7. The maximum atomic E-state index is 17.3. The molecule has 5 saturated heterocycles. The number of phenolic OH excluding ortho intramolecular Hbond substituents is 1. The van der Waals surface area contributed by atoms with E-state index < -0.39 is 35.3 Å². The molecule has 5 aliphatic heterocycles. The van der Waals surface area contributed by atoms with E-state index in [1.54, 1.807) is 17.7 Å². The van der Waals surface area contributed by atoms with Gasteiger partial charge in [-0.1, -0.05) is 50.8 Å². The van der Waals surface area contributed by atoms with Crippen molar-refractivity contribution in [3.8, 4) is 23.0 Å². The Kier molecular flexibility index (Phi) is 16.4. The summed E-state index contributed by atoms with van der Waals surface area (Å²) in [6.07, 6.45) is 12.8. The number of para-hydroxylation sites is 1. The van der Waals surface area contributed by atoms with Crippen LogP contribution in [0.1, 0.15) is 139 Å². The van der Waals surface area contributed by atoms with Crippen LogP contribution in [-0.4, -0.2) is 127 Å². The van der Waals surface area contributed by atoms with Crippen molar-refractivity contribution in [2.75, 3.05) is 57.3 Å². The molecule has 0 saturated carbocycles. The Balaban J connectivity index is 0.653. The molecular formula is C61H73F3N10O7. The first-order chi connectivity index (χ1) is 39.2. The molecule has 17 nitrogen and oxygen atoms in total. The number of hydrogen-bond acceptors (Lipinski definition) is 12. The minimum atomic E-state index is -0.965. The van der Waals surface area contributed by atoms with Gasteiger partial charge in [-0.05, 0) is 129 Å². The molecule has 4 atom stereocenters. The predicted molar refractivity (Wildman–Crippen MR) is 302 cm³/mol. The number of hydrogen-bond donors (Lipinski definition) is 3. The predicted octanol–water partition coefficient (Wildman–Crippen LogP) is 8.84. The third-order valence-corrected chi connectivity index (χ3v) is 18.0. The molecule has 3 N–H and O–H groups in total. The van der Waals surface area contributed by atoms with Crippen LogP contribution in [0.3, 0.4) is 0 Å². The van der Waals surface area contributed by atoms with Gasteiger partial charge in [-0.2, -0.15) is 9.97 Å². The molecule has 3 aromatic heterocycles. The van der Waals surface area contributed by atoms with E-state index in [4.69, 9.17) is 9.72 Å². The number of aryl methyl sites for hydroxylation is 2. The number of anilines is 1. The smallest absolute Gasteiger partial charge is 0.329 e. The van der Waals surface area contributed by atoms with Crippen molar-refractivity contribution in [1.29, 1.82) is 0 Å². The number of rotatable bonds is 19. The standard InChI is InChI=1S/C61H73F3N10O7/c1-3-42-46(63)19-18-39-29-41(75)30-44(52(39)42)54-53(64)55-45(33-66-54)57(69-59(68-55)81-36-61-24-12-26-73(61)35-40(62)31-61)72-25-11-13-37(34-72)32-65-49(76)16-8-6-4-5-7-9-17-51(78)71-27-22-38(23-28-71)43-14-10-15-47-56(43)70(2)60(80)74(47)48-20-21-50(77)67-58(48)79/h10,14-15,18-19,29-30,33,37-38,40,48,75H,3-9,11-13,16-17,20-28,31-32,34-36H2,1-2H3,(H,65,76)(H,67,77,79)/t37?,40-,48?,61+/m1/s1. The molecule has 5 fully saturated rings.